The van der Waals surface area contributed by atoms with E-state index >= 15 is 0 Å². The summed E-state index contributed by atoms with van der Waals surface area (Å²) in [4.78, 5) is 4.44. The number of methoxy groups -OCH3 is 1. The van der Waals surface area contributed by atoms with Crippen molar-refractivity contribution in [1.29, 1.82) is 0 Å². The zero-order valence-corrected chi connectivity index (χ0v) is 11.2. The molecule has 0 spiro atoms. The molecule has 6 nitrogen and oxygen atoms in total. The standard InChI is InChI=1S/C12H21N3O3/c1-4-11(2,16-3)9-14-10(18-15-9)12(13)5-7-17-8-6-12/h4-8,13H2,1-3H3. The van der Waals surface area contributed by atoms with E-state index in [1.807, 2.05) is 13.8 Å². The third kappa shape index (κ3) is 2.28. The van der Waals surface area contributed by atoms with Crippen LogP contribution in [-0.2, 0) is 20.6 Å². The molecule has 0 aromatic carbocycles. The van der Waals surface area contributed by atoms with Gasteiger partial charge in [-0.2, -0.15) is 4.98 Å². The van der Waals surface area contributed by atoms with Crippen molar-refractivity contribution in [3.8, 4) is 0 Å². The lowest BCUT2D eigenvalue weighted by atomic mass is 9.91. The van der Waals surface area contributed by atoms with E-state index in [-0.39, 0.29) is 0 Å². The Morgan fingerprint density at radius 2 is 2.11 bits per heavy atom. The summed E-state index contributed by atoms with van der Waals surface area (Å²) in [6, 6.07) is 0. The third-order valence-corrected chi connectivity index (χ3v) is 3.84. The van der Waals surface area contributed by atoms with Crippen LogP contribution in [0.4, 0.5) is 0 Å². The van der Waals surface area contributed by atoms with Gasteiger partial charge in [0.2, 0.25) is 11.7 Å². The smallest absolute Gasteiger partial charge is 0.247 e. The molecule has 1 fully saturated rings. The number of rotatable bonds is 4. The molecular weight excluding hydrogens is 234 g/mol. The first-order chi connectivity index (χ1) is 8.54. The van der Waals surface area contributed by atoms with Crippen LogP contribution in [0, 0.1) is 0 Å². The fourth-order valence-electron chi connectivity index (χ4n) is 1.98. The summed E-state index contributed by atoms with van der Waals surface area (Å²) in [6.45, 7) is 5.22. The summed E-state index contributed by atoms with van der Waals surface area (Å²) in [7, 11) is 1.65. The van der Waals surface area contributed by atoms with Gasteiger partial charge in [0.1, 0.15) is 11.1 Å². The number of hydrogen-bond donors (Lipinski definition) is 1. The minimum absolute atomic E-state index is 0.484. The van der Waals surface area contributed by atoms with Gasteiger partial charge in [-0.3, -0.25) is 0 Å². The Morgan fingerprint density at radius 3 is 2.67 bits per heavy atom. The van der Waals surface area contributed by atoms with Crippen LogP contribution in [0.1, 0.15) is 44.8 Å². The van der Waals surface area contributed by atoms with E-state index in [9.17, 15) is 0 Å². The normalized spacial score (nSPS) is 22.7. The molecule has 2 rings (SSSR count). The highest BCUT2D eigenvalue weighted by atomic mass is 16.5. The second kappa shape index (κ2) is 4.95. The quantitative estimate of drug-likeness (QED) is 0.873. The molecule has 0 aliphatic carbocycles. The number of nitrogens with two attached hydrogens (primary N) is 1. The summed E-state index contributed by atoms with van der Waals surface area (Å²) in [5, 5.41) is 4.02. The Kier molecular flexibility index (Phi) is 3.70. The van der Waals surface area contributed by atoms with Gasteiger partial charge < -0.3 is 19.7 Å². The van der Waals surface area contributed by atoms with E-state index in [0.717, 1.165) is 6.42 Å². The minimum Gasteiger partial charge on any atom is -0.381 e. The van der Waals surface area contributed by atoms with Crippen molar-refractivity contribution in [2.45, 2.75) is 44.2 Å². The number of aromatic nitrogens is 2. The maximum atomic E-state index is 6.30. The first-order valence-corrected chi connectivity index (χ1v) is 6.30. The van der Waals surface area contributed by atoms with Crippen molar-refractivity contribution in [2.24, 2.45) is 5.73 Å². The Hall–Kier alpha value is -0.980. The van der Waals surface area contributed by atoms with E-state index < -0.39 is 11.1 Å². The van der Waals surface area contributed by atoms with Crippen molar-refractivity contribution in [1.82, 2.24) is 10.1 Å². The van der Waals surface area contributed by atoms with Crippen LogP contribution >= 0.6 is 0 Å². The summed E-state index contributed by atoms with van der Waals surface area (Å²) in [5.41, 5.74) is 5.21. The van der Waals surface area contributed by atoms with Crippen LogP contribution in [0.15, 0.2) is 4.52 Å². The predicted octanol–water partition coefficient (Wildman–Crippen LogP) is 1.31. The fourth-order valence-corrected chi connectivity index (χ4v) is 1.98. The SMILES string of the molecule is CCC(C)(OC)c1noc(C2(N)CCOCC2)n1. The second-order valence-electron chi connectivity index (χ2n) is 4.98. The fraction of sp³-hybridized carbons (Fsp3) is 0.833. The molecule has 0 saturated carbocycles. The number of hydrogen-bond acceptors (Lipinski definition) is 6. The number of ether oxygens (including phenoxy) is 2. The summed E-state index contributed by atoms with van der Waals surface area (Å²) < 4.78 is 16.1. The zero-order chi connectivity index (χ0) is 13.2. The van der Waals surface area contributed by atoms with Crippen LogP contribution in [0.2, 0.25) is 0 Å². The van der Waals surface area contributed by atoms with Crippen LogP contribution in [-0.4, -0.2) is 30.5 Å². The molecule has 1 unspecified atom stereocenters. The molecule has 0 radical (unpaired) electrons. The molecule has 102 valence electrons. The van der Waals surface area contributed by atoms with Gasteiger partial charge >= 0.3 is 0 Å². The Labute approximate surface area is 107 Å². The summed E-state index contributed by atoms with van der Waals surface area (Å²) >= 11 is 0. The monoisotopic (exact) mass is 255 g/mol. The van der Waals surface area contributed by atoms with Crippen molar-refractivity contribution in [3.63, 3.8) is 0 Å². The van der Waals surface area contributed by atoms with E-state index in [1.54, 1.807) is 7.11 Å². The van der Waals surface area contributed by atoms with Gasteiger partial charge in [0, 0.05) is 20.3 Å². The van der Waals surface area contributed by atoms with Crippen molar-refractivity contribution < 1.29 is 14.0 Å². The lowest BCUT2D eigenvalue weighted by Crippen LogP contribution is -2.42. The third-order valence-electron chi connectivity index (χ3n) is 3.84. The van der Waals surface area contributed by atoms with E-state index in [1.165, 1.54) is 0 Å². The molecule has 1 saturated heterocycles. The van der Waals surface area contributed by atoms with Crippen molar-refractivity contribution in [3.05, 3.63) is 11.7 Å². The van der Waals surface area contributed by atoms with Gasteiger partial charge in [-0.05, 0) is 26.2 Å². The average molecular weight is 255 g/mol. The van der Waals surface area contributed by atoms with Gasteiger partial charge in [0.15, 0.2) is 0 Å². The van der Waals surface area contributed by atoms with Crippen LogP contribution < -0.4 is 5.73 Å². The molecule has 18 heavy (non-hydrogen) atoms. The predicted molar refractivity (Wildman–Crippen MR) is 64.9 cm³/mol. The van der Waals surface area contributed by atoms with Crippen LogP contribution in [0.5, 0.6) is 0 Å². The van der Waals surface area contributed by atoms with Gasteiger partial charge in [-0.1, -0.05) is 12.1 Å². The van der Waals surface area contributed by atoms with Crippen molar-refractivity contribution in [2.75, 3.05) is 20.3 Å². The van der Waals surface area contributed by atoms with Crippen molar-refractivity contribution >= 4 is 0 Å². The van der Waals surface area contributed by atoms with Gasteiger partial charge in [-0.25, -0.2) is 0 Å². The maximum Gasteiger partial charge on any atom is 0.247 e. The average Bonchev–Trinajstić information content (AvgIpc) is 2.89. The Balaban J connectivity index is 2.24. The summed E-state index contributed by atoms with van der Waals surface area (Å²) in [5.74, 6) is 1.04. The van der Waals surface area contributed by atoms with E-state index in [2.05, 4.69) is 10.1 Å². The highest BCUT2D eigenvalue weighted by Crippen LogP contribution is 2.31. The first kappa shape index (κ1) is 13.5. The molecule has 0 amide bonds. The molecular formula is C12H21N3O3. The number of nitrogens with zero attached hydrogens (tertiary/aromatic N) is 2. The van der Waals surface area contributed by atoms with Crippen LogP contribution in [0.3, 0.4) is 0 Å². The maximum absolute atomic E-state index is 6.30. The van der Waals surface area contributed by atoms with E-state index in [4.69, 9.17) is 19.7 Å². The Morgan fingerprint density at radius 1 is 1.44 bits per heavy atom. The molecule has 6 heteroatoms. The lowest BCUT2D eigenvalue weighted by molar-refractivity contribution is -0.0106. The molecule has 0 bridgehead atoms. The molecule has 1 aliphatic rings. The molecule has 1 aliphatic heterocycles. The lowest BCUT2D eigenvalue weighted by Gasteiger charge is -2.29. The first-order valence-electron chi connectivity index (χ1n) is 6.30. The van der Waals surface area contributed by atoms with Gasteiger partial charge in [-0.15, -0.1) is 0 Å². The molecule has 2 heterocycles. The topological polar surface area (TPSA) is 83.4 Å². The molecule has 1 aromatic rings. The highest BCUT2D eigenvalue weighted by molar-refractivity contribution is 5.07. The largest absolute Gasteiger partial charge is 0.381 e. The minimum atomic E-state index is -0.564. The van der Waals surface area contributed by atoms with E-state index in [0.29, 0.717) is 37.8 Å². The molecule has 1 aromatic heterocycles. The molecule has 1 atom stereocenters. The Bertz CT molecular complexity index is 395. The zero-order valence-electron chi connectivity index (χ0n) is 11.2. The summed E-state index contributed by atoms with van der Waals surface area (Å²) in [6.07, 6.45) is 2.16. The van der Waals surface area contributed by atoms with Gasteiger partial charge in [0.05, 0.1) is 0 Å². The second-order valence-corrected chi connectivity index (χ2v) is 4.98. The van der Waals surface area contributed by atoms with Gasteiger partial charge in [0.25, 0.3) is 0 Å². The molecule has 2 N–H and O–H groups in total. The van der Waals surface area contributed by atoms with Crippen LogP contribution in [0.25, 0.3) is 0 Å². The highest BCUT2D eigenvalue weighted by Gasteiger charge is 2.38.